The molecule has 6 rings (SSSR count). The Morgan fingerprint density at radius 3 is 2.25 bits per heavy atom. The van der Waals surface area contributed by atoms with Gasteiger partial charge in [0.25, 0.3) is 0 Å². The first-order chi connectivity index (χ1) is 9.78. The van der Waals surface area contributed by atoms with Gasteiger partial charge in [0.1, 0.15) is 5.82 Å². The number of para-hydroxylation sites is 1. The molecule has 20 heavy (non-hydrogen) atoms. The average Bonchev–Trinajstić information content (AvgIpc) is 2.77. The SMILES string of the molecule is c1ccc2[nH]c(NC34CC5CC(CC(C5)C3)C4)cc2c1. The highest BCUT2D eigenvalue weighted by atomic mass is 15.1. The fourth-order valence-corrected chi connectivity index (χ4v) is 5.69. The van der Waals surface area contributed by atoms with Gasteiger partial charge in [-0.25, -0.2) is 0 Å². The fraction of sp³-hybridized carbons (Fsp3) is 0.556. The molecular weight excluding hydrogens is 244 g/mol. The van der Waals surface area contributed by atoms with Crippen LogP contribution < -0.4 is 5.32 Å². The van der Waals surface area contributed by atoms with Gasteiger partial charge >= 0.3 is 0 Å². The summed E-state index contributed by atoms with van der Waals surface area (Å²) in [7, 11) is 0. The zero-order chi connectivity index (χ0) is 13.2. The molecule has 104 valence electrons. The van der Waals surface area contributed by atoms with Crippen LogP contribution in [0.3, 0.4) is 0 Å². The highest BCUT2D eigenvalue weighted by molar-refractivity contribution is 5.83. The molecule has 4 aliphatic carbocycles. The van der Waals surface area contributed by atoms with Gasteiger partial charge in [0, 0.05) is 16.4 Å². The maximum Gasteiger partial charge on any atom is 0.104 e. The topological polar surface area (TPSA) is 27.8 Å². The standard InChI is InChI=1S/C18H22N2/c1-2-4-16-15(3-1)8-17(19-16)20-18-9-12-5-13(10-18)7-14(6-12)11-18/h1-4,8,12-14,19-20H,5-7,9-11H2. The van der Waals surface area contributed by atoms with Crippen molar-refractivity contribution < 1.29 is 0 Å². The Hall–Kier alpha value is -1.44. The van der Waals surface area contributed by atoms with E-state index in [9.17, 15) is 0 Å². The van der Waals surface area contributed by atoms with Gasteiger partial charge in [0.2, 0.25) is 0 Å². The monoisotopic (exact) mass is 266 g/mol. The molecule has 0 saturated heterocycles. The number of nitrogens with one attached hydrogen (secondary N) is 2. The molecule has 0 unspecified atom stereocenters. The van der Waals surface area contributed by atoms with Crippen LogP contribution in [0.2, 0.25) is 0 Å². The molecule has 1 aromatic heterocycles. The van der Waals surface area contributed by atoms with Crippen molar-refractivity contribution in [2.45, 2.75) is 44.1 Å². The van der Waals surface area contributed by atoms with Crippen molar-refractivity contribution in [3.8, 4) is 0 Å². The molecule has 0 spiro atoms. The van der Waals surface area contributed by atoms with E-state index in [4.69, 9.17) is 0 Å². The molecule has 4 bridgehead atoms. The van der Waals surface area contributed by atoms with E-state index in [0.29, 0.717) is 5.54 Å². The molecule has 0 aliphatic heterocycles. The predicted octanol–water partition coefficient (Wildman–Crippen LogP) is 4.55. The summed E-state index contributed by atoms with van der Waals surface area (Å²) in [4.78, 5) is 3.56. The van der Waals surface area contributed by atoms with E-state index >= 15 is 0 Å². The molecule has 4 aliphatic rings. The highest BCUT2D eigenvalue weighted by Crippen LogP contribution is 2.56. The molecule has 0 radical (unpaired) electrons. The summed E-state index contributed by atoms with van der Waals surface area (Å²) >= 11 is 0. The Bertz CT molecular complexity index is 586. The largest absolute Gasteiger partial charge is 0.366 e. The molecular formula is C18H22N2. The van der Waals surface area contributed by atoms with Crippen LogP contribution in [0.5, 0.6) is 0 Å². The molecule has 2 aromatic rings. The molecule has 4 saturated carbocycles. The number of anilines is 1. The number of rotatable bonds is 2. The van der Waals surface area contributed by atoms with Crippen molar-refractivity contribution >= 4 is 16.7 Å². The number of hydrogen-bond donors (Lipinski definition) is 2. The van der Waals surface area contributed by atoms with Gasteiger partial charge < -0.3 is 10.3 Å². The Morgan fingerprint density at radius 2 is 1.60 bits per heavy atom. The third kappa shape index (κ3) is 1.63. The first-order valence-electron chi connectivity index (χ1n) is 8.14. The number of fused-ring (bicyclic) bond motifs is 1. The minimum atomic E-state index is 0.398. The van der Waals surface area contributed by atoms with Crippen molar-refractivity contribution in [2.24, 2.45) is 17.8 Å². The molecule has 2 heteroatoms. The maximum absolute atomic E-state index is 3.92. The van der Waals surface area contributed by atoms with E-state index < -0.39 is 0 Å². The Morgan fingerprint density at radius 1 is 0.950 bits per heavy atom. The summed E-state index contributed by atoms with van der Waals surface area (Å²) < 4.78 is 0. The number of benzene rings is 1. The van der Waals surface area contributed by atoms with Crippen molar-refractivity contribution in [1.82, 2.24) is 4.98 Å². The third-order valence-electron chi connectivity index (χ3n) is 5.97. The Kier molecular flexibility index (Phi) is 2.14. The molecule has 1 aromatic carbocycles. The van der Waals surface area contributed by atoms with Crippen LogP contribution in [0.4, 0.5) is 5.82 Å². The van der Waals surface area contributed by atoms with Crippen LogP contribution in [0.1, 0.15) is 38.5 Å². The predicted molar refractivity (Wildman–Crippen MR) is 82.8 cm³/mol. The first kappa shape index (κ1) is 11.2. The second kappa shape index (κ2) is 3.81. The third-order valence-corrected chi connectivity index (χ3v) is 5.97. The van der Waals surface area contributed by atoms with E-state index in [-0.39, 0.29) is 0 Å². The first-order valence-corrected chi connectivity index (χ1v) is 8.14. The lowest BCUT2D eigenvalue weighted by Crippen LogP contribution is -2.54. The quantitative estimate of drug-likeness (QED) is 0.820. The van der Waals surface area contributed by atoms with E-state index in [1.54, 1.807) is 0 Å². The zero-order valence-electron chi connectivity index (χ0n) is 11.9. The molecule has 0 amide bonds. The lowest BCUT2D eigenvalue weighted by Gasteiger charge is -2.57. The summed E-state index contributed by atoms with van der Waals surface area (Å²) in [6.07, 6.45) is 8.71. The van der Waals surface area contributed by atoms with Crippen LogP contribution in [-0.2, 0) is 0 Å². The highest BCUT2D eigenvalue weighted by Gasteiger charge is 2.50. The summed E-state index contributed by atoms with van der Waals surface area (Å²) in [5, 5.41) is 5.24. The Labute approximate surface area is 120 Å². The van der Waals surface area contributed by atoms with Crippen LogP contribution in [-0.4, -0.2) is 10.5 Å². The van der Waals surface area contributed by atoms with E-state index in [1.807, 2.05) is 0 Å². The van der Waals surface area contributed by atoms with Crippen molar-refractivity contribution in [2.75, 3.05) is 5.32 Å². The normalized spacial score (nSPS) is 38.5. The van der Waals surface area contributed by atoms with Gasteiger partial charge in [-0.05, 0) is 68.4 Å². The summed E-state index contributed by atoms with van der Waals surface area (Å²) in [6, 6.07) is 10.9. The molecule has 0 atom stereocenters. The van der Waals surface area contributed by atoms with Gasteiger partial charge in [-0.2, -0.15) is 0 Å². The van der Waals surface area contributed by atoms with Crippen LogP contribution in [0, 0.1) is 17.8 Å². The zero-order valence-corrected chi connectivity index (χ0v) is 11.9. The summed E-state index contributed by atoms with van der Waals surface area (Å²) in [5.74, 6) is 4.22. The van der Waals surface area contributed by atoms with Gasteiger partial charge in [-0.1, -0.05) is 18.2 Å². The number of aromatic amines is 1. The molecule has 1 heterocycles. The summed E-state index contributed by atoms with van der Waals surface area (Å²) in [6.45, 7) is 0. The average molecular weight is 266 g/mol. The van der Waals surface area contributed by atoms with Crippen LogP contribution in [0.15, 0.2) is 30.3 Å². The minimum Gasteiger partial charge on any atom is -0.366 e. The molecule has 4 fully saturated rings. The van der Waals surface area contributed by atoms with E-state index in [0.717, 1.165) is 17.8 Å². The number of H-pyrrole nitrogens is 1. The maximum atomic E-state index is 3.92. The van der Waals surface area contributed by atoms with E-state index in [2.05, 4.69) is 40.6 Å². The fourth-order valence-electron chi connectivity index (χ4n) is 5.69. The van der Waals surface area contributed by atoms with Crippen molar-refractivity contribution in [3.63, 3.8) is 0 Å². The molecule has 2 N–H and O–H groups in total. The van der Waals surface area contributed by atoms with Crippen LogP contribution in [0.25, 0.3) is 10.9 Å². The van der Waals surface area contributed by atoms with Crippen LogP contribution >= 0.6 is 0 Å². The lowest BCUT2D eigenvalue weighted by atomic mass is 9.53. The van der Waals surface area contributed by atoms with Gasteiger partial charge in [0.05, 0.1) is 0 Å². The summed E-state index contributed by atoms with van der Waals surface area (Å²) in [5.41, 5.74) is 1.65. The second-order valence-electron chi connectivity index (χ2n) is 7.59. The Balaban J connectivity index is 1.48. The lowest BCUT2D eigenvalue weighted by molar-refractivity contribution is 0.0106. The van der Waals surface area contributed by atoms with E-state index in [1.165, 1.54) is 55.2 Å². The molecule has 2 nitrogen and oxygen atoms in total. The smallest absolute Gasteiger partial charge is 0.104 e. The second-order valence-corrected chi connectivity index (χ2v) is 7.59. The van der Waals surface area contributed by atoms with Crippen molar-refractivity contribution in [3.05, 3.63) is 30.3 Å². The van der Waals surface area contributed by atoms with Gasteiger partial charge in [-0.3, -0.25) is 0 Å². The number of hydrogen-bond acceptors (Lipinski definition) is 1. The van der Waals surface area contributed by atoms with Gasteiger partial charge in [-0.15, -0.1) is 0 Å². The number of aromatic nitrogens is 1. The van der Waals surface area contributed by atoms with Crippen molar-refractivity contribution in [1.29, 1.82) is 0 Å². The minimum absolute atomic E-state index is 0.398. The van der Waals surface area contributed by atoms with Gasteiger partial charge in [0.15, 0.2) is 0 Å².